The Labute approximate surface area is 94.4 Å². The first-order chi connectivity index (χ1) is 7.11. The molecule has 1 rings (SSSR count). The molecular weight excluding hydrogens is 217 g/mol. The first-order valence-corrected chi connectivity index (χ1v) is 5.15. The maximum atomic E-state index is 13.4. The summed E-state index contributed by atoms with van der Waals surface area (Å²) in [7, 11) is 3.39. The lowest BCUT2D eigenvalue weighted by Crippen LogP contribution is -2.12. The molecule has 0 spiro atoms. The van der Waals surface area contributed by atoms with Gasteiger partial charge in [0.1, 0.15) is 11.6 Å². The molecule has 15 heavy (non-hydrogen) atoms. The maximum absolute atomic E-state index is 13.4. The van der Waals surface area contributed by atoms with E-state index in [9.17, 15) is 4.39 Å². The zero-order valence-electron chi connectivity index (χ0n) is 9.16. The first-order valence-electron chi connectivity index (χ1n) is 4.77. The number of benzene rings is 1. The van der Waals surface area contributed by atoms with Crippen LogP contribution in [0.3, 0.4) is 0 Å². The molecule has 1 aromatic rings. The molecule has 1 N–H and O–H groups in total. The fourth-order valence-electron chi connectivity index (χ4n) is 1.52. The van der Waals surface area contributed by atoms with E-state index < -0.39 is 0 Å². The minimum atomic E-state index is -0.285. The standard InChI is InChI=1S/C11H15ClFNO/c1-7-8(4-5-14-2)11(15-3)9(12)6-10(7)13/h6,14H,4-5H2,1-3H3. The van der Waals surface area contributed by atoms with E-state index >= 15 is 0 Å². The molecule has 84 valence electrons. The quantitative estimate of drug-likeness (QED) is 0.860. The van der Waals surface area contributed by atoms with Gasteiger partial charge in [0.25, 0.3) is 0 Å². The number of hydrogen-bond acceptors (Lipinski definition) is 2. The lowest BCUT2D eigenvalue weighted by Gasteiger charge is -2.13. The first kappa shape index (κ1) is 12.3. The second kappa shape index (κ2) is 5.33. The number of rotatable bonds is 4. The topological polar surface area (TPSA) is 21.3 Å². The summed E-state index contributed by atoms with van der Waals surface area (Å²) in [4.78, 5) is 0. The van der Waals surface area contributed by atoms with E-state index in [1.54, 1.807) is 14.0 Å². The van der Waals surface area contributed by atoms with Crippen molar-refractivity contribution in [1.29, 1.82) is 0 Å². The zero-order valence-corrected chi connectivity index (χ0v) is 9.91. The van der Waals surface area contributed by atoms with Crippen molar-refractivity contribution < 1.29 is 9.13 Å². The summed E-state index contributed by atoms with van der Waals surface area (Å²) >= 11 is 5.90. The fourth-order valence-corrected chi connectivity index (χ4v) is 1.80. The minimum Gasteiger partial charge on any atom is -0.495 e. The Balaban J connectivity index is 3.18. The molecule has 0 saturated carbocycles. The van der Waals surface area contributed by atoms with E-state index in [1.165, 1.54) is 6.07 Å². The van der Waals surface area contributed by atoms with Gasteiger partial charge in [-0.2, -0.15) is 0 Å². The van der Waals surface area contributed by atoms with Crippen LogP contribution in [0.2, 0.25) is 5.02 Å². The summed E-state index contributed by atoms with van der Waals surface area (Å²) < 4.78 is 18.6. The largest absolute Gasteiger partial charge is 0.495 e. The van der Waals surface area contributed by atoms with E-state index in [1.807, 2.05) is 7.05 Å². The average Bonchev–Trinajstić information content (AvgIpc) is 2.21. The van der Waals surface area contributed by atoms with Crippen LogP contribution in [0.15, 0.2) is 6.07 Å². The molecule has 0 aromatic heterocycles. The van der Waals surface area contributed by atoms with Gasteiger partial charge in [0.05, 0.1) is 12.1 Å². The average molecular weight is 232 g/mol. The number of halogens is 2. The number of likely N-dealkylation sites (N-methyl/N-ethyl adjacent to an activating group) is 1. The van der Waals surface area contributed by atoms with Crippen molar-refractivity contribution in [1.82, 2.24) is 5.32 Å². The lowest BCUT2D eigenvalue weighted by atomic mass is 10.0. The van der Waals surface area contributed by atoms with Crippen molar-refractivity contribution in [2.45, 2.75) is 13.3 Å². The molecular formula is C11H15ClFNO. The van der Waals surface area contributed by atoms with Gasteiger partial charge in [0, 0.05) is 5.56 Å². The highest BCUT2D eigenvalue weighted by atomic mass is 35.5. The van der Waals surface area contributed by atoms with E-state index in [0.29, 0.717) is 22.8 Å². The van der Waals surface area contributed by atoms with Crippen molar-refractivity contribution in [3.8, 4) is 5.75 Å². The molecule has 0 heterocycles. The number of ether oxygens (including phenoxy) is 1. The Morgan fingerprint density at radius 3 is 2.73 bits per heavy atom. The third-order valence-corrected chi connectivity index (χ3v) is 2.67. The summed E-state index contributed by atoms with van der Waals surface area (Å²) in [5.74, 6) is 0.290. The van der Waals surface area contributed by atoms with Gasteiger partial charge >= 0.3 is 0 Å². The number of methoxy groups -OCH3 is 1. The molecule has 0 aliphatic rings. The smallest absolute Gasteiger partial charge is 0.141 e. The fraction of sp³-hybridized carbons (Fsp3) is 0.455. The molecule has 0 aliphatic carbocycles. The summed E-state index contributed by atoms with van der Waals surface area (Å²) in [6, 6.07) is 1.29. The van der Waals surface area contributed by atoms with Crippen molar-refractivity contribution in [2.75, 3.05) is 20.7 Å². The molecule has 0 bridgehead atoms. The van der Waals surface area contributed by atoms with E-state index in [4.69, 9.17) is 16.3 Å². The van der Waals surface area contributed by atoms with Gasteiger partial charge < -0.3 is 10.1 Å². The van der Waals surface area contributed by atoms with Crippen LogP contribution in [-0.2, 0) is 6.42 Å². The second-order valence-corrected chi connectivity index (χ2v) is 3.74. The van der Waals surface area contributed by atoms with E-state index in [-0.39, 0.29) is 5.82 Å². The zero-order chi connectivity index (χ0) is 11.4. The maximum Gasteiger partial charge on any atom is 0.141 e. The van der Waals surface area contributed by atoms with Gasteiger partial charge in [0.2, 0.25) is 0 Å². The highest BCUT2D eigenvalue weighted by Gasteiger charge is 2.14. The van der Waals surface area contributed by atoms with Gasteiger partial charge in [0.15, 0.2) is 0 Å². The third-order valence-electron chi connectivity index (χ3n) is 2.38. The van der Waals surface area contributed by atoms with Crippen LogP contribution in [0, 0.1) is 12.7 Å². The minimum absolute atomic E-state index is 0.285. The monoisotopic (exact) mass is 231 g/mol. The molecule has 4 heteroatoms. The van der Waals surface area contributed by atoms with Crippen LogP contribution < -0.4 is 10.1 Å². The van der Waals surface area contributed by atoms with Gasteiger partial charge in [-0.1, -0.05) is 11.6 Å². The summed E-state index contributed by atoms with van der Waals surface area (Å²) in [5, 5.41) is 3.34. The van der Waals surface area contributed by atoms with Gasteiger partial charge in [-0.3, -0.25) is 0 Å². The molecule has 1 aromatic carbocycles. The number of hydrogen-bond donors (Lipinski definition) is 1. The summed E-state index contributed by atoms with van der Waals surface area (Å²) in [6.07, 6.45) is 0.697. The van der Waals surface area contributed by atoms with Crippen LogP contribution in [-0.4, -0.2) is 20.7 Å². The van der Waals surface area contributed by atoms with Gasteiger partial charge in [-0.05, 0) is 38.6 Å². The predicted octanol–water partition coefficient (Wildman–Crippen LogP) is 2.56. The molecule has 0 atom stereocenters. The summed E-state index contributed by atoms with van der Waals surface area (Å²) in [5.41, 5.74) is 1.43. The van der Waals surface area contributed by atoms with Crippen LogP contribution in [0.4, 0.5) is 4.39 Å². The Morgan fingerprint density at radius 2 is 2.20 bits per heavy atom. The highest BCUT2D eigenvalue weighted by molar-refractivity contribution is 6.32. The van der Waals surface area contributed by atoms with Crippen molar-refractivity contribution in [3.63, 3.8) is 0 Å². The van der Waals surface area contributed by atoms with Crippen LogP contribution in [0.1, 0.15) is 11.1 Å². The predicted molar refractivity (Wildman–Crippen MR) is 60.3 cm³/mol. The van der Waals surface area contributed by atoms with Crippen molar-refractivity contribution in [2.24, 2.45) is 0 Å². The van der Waals surface area contributed by atoms with Crippen LogP contribution in [0.25, 0.3) is 0 Å². The van der Waals surface area contributed by atoms with E-state index in [2.05, 4.69) is 5.32 Å². The van der Waals surface area contributed by atoms with E-state index in [0.717, 1.165) is 12.1 Å². The molecule has 0 unspecified atom stereocenters. The Hall–Kier alpha value is -0.800. The normalized spacial score (nSPS) is 10.5. The third kappa shape index (κ3) is 2.61. The van der Waals surface area contributed by atoms with Gasteiger partial charge in [-0.25, -0.2) is 4.39 Å². The molecule has 0 saturated heterocycles. The second-order valence-electron chi connectivity index (χ2n) is 3.33. The molecule has 2 nitrogen and oxygen atoms in total. The van der Waals surface area contributed by atoms with Crippen LogP contribution in [0.5, 0.6) is 5.75 Å². The van der Waals surface area contributed by atoms with Crippen molar-refractivity contribution >= 4 is 11.6 Å². The molecule has 0 fully saturated rings. The SMILES string of the molecule is CNCCc1c(C)c(F)cc(Cl)c1OC. The van der Waals surface area contributed by atoms with Crippen LogP contribution >= 0.6 is 11.6 Å². The van der Waals surface area contributed by atoms with Gasteiger partial charge in [-0.15, -0.1) is 0 Å². The molecule has 0 radical (unpaired) electrons. The summed E-state index contributed by atoms with van der Waals surface area (Å²) in [6.45, 7) is 2.50. The molecule has 0 amide bonds. The van der Waals surface area contributed by atoms with Crippen molar-refractivity contribution in [3.05, 3.63) is 28.0 Å². The Kier molecular flexibility index (Phi) is 4.36. The lowest BCUT2D eigenvalue weighted by molar-refractivity contribution is 0.407. The Morgan fingerprint density at radius 1 is 1.53 bits per heavy atom. The molecule has 0 aliphatic heterocycles. The highest BCUT2D eigenvalue weighted by Crippen LogP contribution is 2.33. The Bertz CT molecular complexity index is 355. The number of nitrogens with one attached hydrogen (secondary N) is 1.